The Morgan fingerprint density at radius 1 is 1.33 bits per heavy atom. The molecular formula is C19H25N3O4S. The van der Waals surface area contributed by atoms with Gasteiger partial charge in [-0.3, -0.25) is 9.59 Å². The molecule has 1 aliphatic rings. The Kier molecular flexibility index (Phi) is 5.55. The quantitative estimate of drug-likeness (QED) is 0.815. The van der Waals surface area contributed by atoms with E-state index in [-0.39, 0.29) is 35.8 Å². The number of rotatable bonds is 4. The van der Waals surface area contributed by atoms with Crippen LogP contribution in [0.2, 0.25) is 0 Å². The summed E-state index contributed by atoms with van der Waals surface area (Å²) in [7, 11) is -3.15. The molecular weight excluding hydrogens is 366 g/mol. The highest BCUT2D eigenvalue weighted by molar-refractivity contribution is 7.91. The van der Waals surface area contributed by atoms with Crippen LogP contribution in [0.5, 0.6) is 0 Å². The van der Waals surface area contributed by atoms with Crippen molar-refractivity contribution in [3.63, 3.8) is 0 Å². The molecule has 0 saturated carbocycles. The van der Waals surface area contributed by atoms with Crippen molar-refractivity contribution in [1.29, 1.82) is 0 Å². The number of carbonyl (C=O) groups excluding carboxylic acids is 2. The van der Waals surface area contributed by atoms with Gasteiger partial charge in [0.15, 0.2) is 9.84 Å². The summed E-state index contributed by atoms with van der Waals surface area (Å²) in [6.45, 7) is 3.75. The predicted octanol–water partition coefficient (Wildman–Crippen LogP) is 1.11. The molecule has 1 aliphatic heterocycles. The van der Waals surface area contributed by atoms with Crippen molar-refractivity contribution in [2.75, 3.05) is 24.6 Å². The van der Waals surface area contributed by atoms with Crippen molar-refractivity contribution in [2.45, 2.75) is 26.3 Å². The fourth-order valence-corrected chi connectivity index (χ4v) is 5.31. The highest BCUT2D eigenvalue weighted by atomic mass is 32.2. The van der Waals surface area contributed by atoms with Gasteiger partial charge in [0.1, 0.15) is 6.04 Å². The van der Waals surface area contributed by atoms with E-state index in [9.17, 15) is 18.0 Å². The fraction of sp³-hybridized carbons (Fsp3) is 0.474. The van der Waals surface area contributed by atoms with Crippen LogP contribution in [0.15, 0.2) is 30.5 Å². The minimum Gasteiger partial charge on any atom is -0.361 e. The zero-order valence-corrected chi connectivity index (χ0v) is 16.4. The van der Waals surface area contributed by atoms with Gasteiger partial charge in [0.05, 0.1) is 11.5 Å². The first kappa shape index (κ1) is 19.4. The molecule has 0 radical (unpaired) electrons. The number of amides is 2. The van der Waals surface area contributed by atoms with E-state index < -0.39 is 15.9 Å². The molecule has 0 aliphatic carbocycles. The molecule has 2 amide bonds. The number of hydrogen-bond donors (Lipinski definition) is 2. The Morgan fingerprint density at radius 2 is 2.07 bits per heavy atom. The van der Waals surface area contributed by atoms with Gasteiger partial charge in [-0.1, -0.05) is 25.1 Å². The molecule has 1 aromatic heterocycles. The highest BCUT2D eigenvalue weighted by Crippen LogP contribution is 2.20. The van der Waals surface area contributed by atoms with Gasteiger partial charge in [-0.15, -0.1) is 0 Å². The Hall–Kier alpha value is -2.35. The minimum atomic E-state index is -3.15. The number of para-hydroxylation sites is 1. The average molecular weight is 391 g/mol. The second-order valence-corrected chi connectivity index (χ2v) is 9.55. The van der Waals surface area contributed by atoms with Gasteiger partial charge in [0.25, 0.3) is 0 Å². The lowest BCUT2D eigenvalue weighted by molar-refractivity contribution is -0.136. The van der Waals surface area contributed by atoms with Gasteiger partial charge in [-0.2, -0.15) is 0 Å². The van der Waals surface area contributed by atoms with Gasteiger partial charge in [-0.25, -0.2) is 8.42 Å². The van der Waals surface area contributed by atoms with Crippen molar-refractivity contribution >= 4 is 32.6 Å². The second-order valence-electron chi connectivity index (χ2n) is 7.32. The molecule has 1 aromatic carbocycles. The molecule has 2 aromatic rings. The molecule has 1 saturated heterocycles. The summed E-state index contributed by atoms with van der Waals surface area (Å²) in [6, 6.07) is 7.05. The zero-order chi connectivity index (χ0) is 19.6. The van der Waals surface area contributed by atoms with Gasteiger partial charge >= 0.3 is 0 Å². The second kappa shape index (κ2) is 7.72. The first-order chi connectivity index (χ1) is 12.7. The van der Waals surface area contributed by atoms with Crippen LogP contribution in [-0.2, 0) is 25.8 Å². The molecule has 3 rings (SSSR count). The Bertz CT molecular complexity index is 951. The van der Waals surface area contributed by atoms with Crippen LogP contribution in [-0.4, -0.2) is 60.8 Å². The molecule has 2 unspecified atom stereocenters. The number of fused-ring (bicyclic) bond motifs is 1. The Labute approximate surface area is 159 Å². The average Bonchev–Trinajstić information content (AvgIpc) is 2.93. The summed E-state index contributed by atoms with van der Waals surface area (Å²) < 4.78 is 24.0. The van der Waals surface area contributed by atoms with E-state index in [4.69, 9.17) is 0 Å². The largest absolute Gasteiger partial charge is 0.361 e. The SMILES string of the molecule is CC(=O)NC(Cc1c[nH]c2ccccc12)C(=O)N1CCS(=O)(=O)CC(C)C1. The molecule has 2 heterocycles. The van der Waals surface area contributed by atoms with Crippen molar-refractivity contribution in [3.05, 3.63) is 36.0 Å². The van der Waals surface area contributed by atoms with Crippen molar-refractivity contribution in [3.8, 4) is 0 Å². The number of aromatic nitrogens is 1. The Morgan fingerprint density at radius 3 is 2.81 bits per heavy atom. The lowest BCUT2D eigenvalue weighted by atomic mass is 10.0. The fourth-order valence-electron chi connectivity index (χ4n) is 3.67. The maximum atomic E-state index is 13.1. The standard InChI is InChI=1S/C19H25N3O4S/c1-13-11-22(7-8-27(25,26)12-13)19(24)18(21-14(2)23)9-15-10-20-17-6-4-3-5-16(15)17/h3-6,10,13,18,20H,7-9,11-12H2,1-2H3,(H,21,23). The molecule has 27 heavy (non-hydrogen) atoms. The first-order valence-electron chi connectivity index (χ1n) is 9.06. The van der Waals surface area contributed by atoms with Crippen LogP contribution in [0.25, 0.3) is 10.9 Å². The maximum absolute atomic E-state index is 13.1. The van der Waals surface area contributed by atoms with E-state index in [1.165, 1.54) is 6.92 Å². The Balaban J connectivity index is 1.83. The lowest BCUT2D eigenvalue weighted by Gasteiger charge is -2.27. The van der Waals surface area contributed by atoms with E-state index in [2.05, 4.69) is 10.3 Å². The van der Waals surface area contributed by atoms with Crippen LogP contribution in [0.1, 0.15) is 19.4 Å². The molecule has 1 fully saturated rings. The molecule has 0 spiro atoms. The van der Waals surface area contributed by atoms with Gasteiger partial charge < -0.3 is 15.2 Å². The molecule has 8 heteroatoms. The summed E-state index contributed by atoms with van der Waals surface area (Å²) in [4.78, 5) is 29.5. The molecule has 146 valence electrons. The third-order valence-corrected chi connectivity index (χ3v) is 6.71. The summed E-state index contributed by atoms with van der Waals surface area (Å²) >= 11 is 0. The minimum absolute atomic E-state index is 0.0387. The normalized spacial score (nSPS) is 20.8. The van der Waals surface area contributed by atoms with Crippen LogP contribution in [0, 0.1) is 5.92 Å². The topological polar surface area (TPSA) is 99.3 Å². The van der Waals surface area contributed by atoms with E-state index in [1.807, 2.05) is 37.4 Å². The van der Waals surface area contributed by atoms with Crippen LogP contribution >= 0.6 is 0 Å². The van der Waals surface area contributed by atoms with Gasteiger partial charge in [-0.05, 0) is 17.5 Å². The molecule has 2 atom stereocenters. The number of carbonyl (C=O) groups is 2. The molecule has 7 nitrogen and oxygen atoms in total. The van der Waals surface area contributed by atoms with E-state index in [0.29, 0.717) is 13.0 Å². The van der Waals surface area contributed by atoms with Crippen LogP contribution in [0.4, 0.5) is 0 Å². The van der Waals surface area contributed by atoms with Gasteiger partial charge in [0, 0.05) is 43.5 Å². The predicted molar refractivity (Wildman–Crippen MR) is 104 cm³/mol. The van der Waals surface area contributed by atoms with Crippen molar-refractivity contribution in [1.82, 2.24) is 15.2 Å². The zero-order valence-electron chi connectivity index (χ0n) is 15.6. The van der Waals surface area contributed by atoms with E-state index in [0.717, 1.165) is 16.5 Å². The van der Waals surface area contributed by atoms with Crippen molar-refractivity contribution in [2.24, 2.45) is 5.92 Å². The third kappa shape index (κ3) is 4.68. The lowest BCUT2D eigenvalue weighted by Crippen LogP contribution is -2.50. The van der Waals surface area contributed by atoms with E-state index in [1.54, 1.807) is 4.90 Å². The van der Waals surface area contributed by atoms with Crippen molar-refractivity contribution < 1.29 is 18.0 Å². The third-order valence-electron chi connectivity index (χ3n) is 4.83. The molecule has 2 N–H and O–H groups in total. The summed E-state index contributed by atoms with van der Waals surface area (Å²) in [6.07, 6.45) is 2.20. The number of nitrogens with zero attached hydrogens (tertiary/aromatic N) is 1. The van der Waals surface area contributed by atoms with E-state index >= 15 is 0 Å². The number of benzene rings is 1. The molecule has 0 bridgehead atoms. The number of hydrogen-bond acceptors (Lipinski definition) is 4. The van der Waals surface area contributed by atoms with Crippen LogP contribution in [0.3, 0.4) is 0 Å². The van der Waals surface area contributed by atoms with Crippen LogP contribution < -0.4 is 5.32 Å². The first-order valence-corrected chi connectivity index (χ1v) is 10.9. The van der Waals surface area contributed by atoms with Gasteiger partial charge in [0.2, 0.25) is 11.8 Å². The maximum Gasteiger partial charge on any atom is 0.245 e. The number of sulfone groups is 1. The number of aromatic amines is 1. The summed E-state index contributed by atoms with van der Waals surface area (Å²) in [5.74, 6) is -0.608. The highest BCUT2D eigenvalue weighted by Gasteiger charge is 2.31. The number of nitrogens with one attached hydrogen (secondary N) is 2. The summed E-state index contributed by atoms with van der Waals surface area (Å²) in [5, 5.41) is 3.75. The number of H-pyrrole nitrogens is 1. The monoisotopic (exact) mass is 391 g/mol. The smallest absolute Gasteiger partial charge is 0.245 e. The summed E-state index contributed by atoms with van der Waals surface area (Å²) in [5.41, 5.74) is 1.91.